The van der Waals surface area contributed by atoms with Gasteiger partial charge in [0.15, 0.2) is 0 Å². The second-order valence-corrected chi connectivity index (χ2v) is 34.8. The van der Waals surface area contributed by atoms with Gasteiger partial charge in [-0.2, -0.15) is 0 Å². The largest absolute Gasteiger partial charge is 0.486 e. The SMILES string of the molecule is [2H]C([2H])([2H])c1c[c-]c(-c2cc(C)c(C([2H])([2H])[2H])cn2)cc1.[2H]C([2H])([2H])c1c[c-]c(-c2ccc(C([2H])([2H])[2H])cn2)cc1.[2H]C([2H])([2H])c1ccc2c(n1)oc1c(-c3cc(C4([2H])CCC([2H])(c5ccccc5)CC4)c(C([2H])([2H])[2H])cn3)[c-]ccc12.[2H]C([2H])([2H])c1ccc2c(n1)oc1c(-c3cc(C4([2H])CCC([2H])(c5ccccc5)CC4)c(C([2H])([2H])[2H])cn3)[c-]ccc12.[2H]C([2H])([2H])c1ccc2c(n1)oc1c(-c3cc(C4([2H])CCC([2H])(c5ccccc5)CC4)c(C([2H])([2H])[2H])cn3)[c-]ccc12.[2H]C([2H])([2H])c1cnc(-c2[c-]cccc2)cc1C.[Ir].[Ir].[Ir]. The molecule has 0 bridgehead atoms. The average molecular weight is 2470 g/mol. The average Bonchev–Trinajstić information content (AvgIpc) is 1.67. The number of aryl methyl sites for hydroxylation is 13. The van der Waals surface area contributed by atoms with E-state index in [9.17, 15) is 4.11 Å². The molecule has 21 aromatic rings. The molecule has 15 heteroatoms. The van der Waals surface area contributed by atoms with Crippen LogP contribution >= 0.6 is 0 Å². The second-order valence-electron chi connectivity index (χ2n) is 34.8. The number of hydrogen-bond donors (Lipinski definition) is 0. The predicted octanol–water partition coefficient (Wildman–Crippen LogP) is 33.5. The molecule has 3 saturated carbocycles. The first-order valence-corrected chi connectivity index (χ1v) is 46.5. The van der Waals surface area contributed by atoms with E-state index in [-0.39, 0.29) is 133 Å². The summed E-state index contributed by atoms with van der Waals surface area (Å²) in [5, 5.41) is 4.00. The summed E-state index contributed by atoms with van der Waals surface area (Å²) >= 11 is 0. The zero-order valence-electron chi connectivity index (χ0n) is 118. The van der Waals surface area contributed by atoms with Gasteiger partial charge < -0.3 is 43.2 Å². The van der Waals surface area contributed by atoms with E-state index in [0.717, 1.165) is 33.5 Å². The van der Waals surface area contributed by atoms with Gasteiger partial charge in [-0.1, -0.05) is 191 Å². The summed E-state index contributed by atoms with van der Waals surface area (Å²) in [6, 6.07) is 94.9. The van der Waals surface area contributed by atoms with Crippen molar-refractivity contribution in [2.75, 3.05) is 0 Å². The summed E-state index contributed by atoms with van der Waals surface area (Å²) in [7, 11) is 0. The molecule has 12 heterocycles. The van der Waals surface area contributed by atoms with Gasteiger partial charge in [0.2, 0.25) is 17.1 Å². The van der Waals surface area contributed by atoms with Gasteiger partial charge in [-0.05, 0) is 325 Å². The van der Waals surface area contributed by atoms with Gasteiger partial charge in [0, 0.05) is 184 Å². The second kappa shape index (κ2) is 48.1. The maximum atomic E-state index is 9.46. The van der Waals surface area contributed by atoms with Gasteiger partial charge in [0.05, 0.1) is 16.7 Å². The van der Waals surface area contributed by atoms with Crippen LogP contribution in [0.5, 0.6) is 0 Å². The molecule has 0 unspecified atom stereocenters. The summed E-state index contributed by atoms with van der Waals surface area (Å²) in [6.45, 7) is -21.9. The van der Waals surface area contributed by atoms with Crippen molar-refractivity contribution in [2.24, 2.45) is 0 Å². The first kappa shape index (κ1) is 65.2. The number of hydrogen-bond acceptors (Lipinski definition) is 12. The fourth-order valence-corrected chi connectivity index (χ4v) is 18.0. The van der Waals surface area contributed by atoms with E-state index < -0.39 is 111 Å². The van der Waals surface area contributed by atoms with Crippen LogP contribution in [0, 0.1) is 126 Å². The van der Waals surface area contributed by atoms with Crippen molar-refractivity contribution >= 4 is 66.2 Å². The van der Waals surface area contributed by atoms with Gasteiger partial charge in [0.1, 0.15) is 0 Å². The molecule has 12 aromatic heterocycles. The predicted molar refractivity (Wildman–Crippen MR) is 579 cm³/mol. The molecule has 24 rings (SSSR count). The third kappa shape index (κ3) is 24.6. The Bertz CT molecular complexity index is 9070. The molecule has 3 aliphatic rings. The Morgan fingerprint density at radius 1 is 0.255 bits per heavy atom. The van der Waals surface area contributed by atoms with E-state index in [1.807, 2.05) is 115 Å². The number of nitrogens with zero attached hydrogens (tertiary/aromatic N) is 9. The van der Waals surface area contributed by atoms with Crippen LogP contribution in [0.2, 0.25) is 0 Å². The Morgan fingerprint density at radius 2 is 0.579 bits per heavy atom. The van der Waals surface area contributed by atoms with Crippen molar-refractivity contribution in [3.8, 4) is 67.5 Å². The molecular weight excluding hydrogens is 2310 g/mol. The summed E-state index contributed by atoms with van der Waals surface area (Å²) in [5.74, 6) is -6.18. The number of benzene rings is 9. The van der Waals surface area contributed by atoms with Crippen molar-refractivity contribution in [1.29, 1.82) is 0 Å². The first-order valence-electron chi connectivity index (χ1n) is 66.0. The molecule has 3 radical (unpaired) electrons. The standard InChI is InChI=1S/3C30H27N2O.C14H14N.2C13H12N.3Ir/c3*1-19-18-31-28(17-27(19)23-14-12-22(13-15-23)21-7-4-3-5-8-21)26-10-6-9-24-25-16-11-20(2)32-30(25)33-29(24)26;1-10-4-6-13(7-5-10)14-8-11(2)12(3)9-15-14;1-10-3-6-12(7-4-10)13-8-5-11(2)9-14-13;1-10-8-13(14-9-11(10)2)12-6-4-3-5-7-12;;;/h3*3-9,11,16-18,22-23H,12-15H2,1-2H3;4-6,8-9H,1-3H3;2*3-6,8-9H,1-2H3;;;/q6*-1;;;/i3*1D3,2D3,22D,23D;1D3,3D3;1D3,2D3;2D3;;;. The van der Waals surface area contributed by atoms with Crippen molar-refractivity contribution in [2.45, 2.75) is 202 Å². The van der Waals surface area contributed by atoms with Gasteiger partial charge in [0.25, 0.3) is 0 Å². The van der Waals surface area contributed by atoms with Crippen LogP contribution in [0.3, 0.4) is 0 Å². The maximum Gasteiger partial charge on any atom is 0.216 e. The zero-order valence-corrected chi connectivity index (χ0v) is 85.8. The van der Waals surface area contributed by atoms with Crippen LogP contribution < -0.4 is 0 Å². The minimum absolute atomic E-state index is 0. The Labute approximate surface area is 948 Å². The minimum atomic E-state index is -2.48. The number of rotatable bonds is 12. The normalized spacial score (nSPS) is 23.8. The number of pyridine rings is 9. The van der Waals surface area contributed by atoms with Gasteiger partial charge in [-0.25, -0.2) is 15.0 Å². The smallest absolute Gasteiger partial charge is 0.216 e. The molecular formula is C130H119Ir3N9O3-6. The maximum absolute atomic E-state index is 9.46. The van der Waals surface area contributed by atoms with Crippen LogP contribution in [0.1, 0.15) is 272 Å². The number of fused-ring (bicyclic) bond motifs is 9. The molecule has 3 aliphatic carbocycles. The number of furan rings is 3. The Kier molecular flexibility index (Phi) is 21.6. The third-order valence-corrected chi connectivity index (χ3v) is 25.6. The molecule has 0 aliphatic heterocycles. The summed E-state index contributed by atoms with van der Waals surface area (Å²) in [5.41, 5.74) is 14.3. The first-order chi connectivity index (χ1) is 84.6. The van der Waals surface area contributed by atoms with E-state index in [1.54, 1.807) is 117 Å². The fourth-order valence-electron chi connectivity index (χ4n) is 18.0. The van der Waals surface area contributed by atoms with Crippen LogP contribution in [0.4, 0.5) is 0 Å². The Hall–Kier alpha value is -13.3. The molecule has 0 saturated heterocycles. The fraction of sp³-hybridized carbons (Fsp3) is 0.238. The van der Waals surface area contributed by atoms with Crippen molar-refractivity contribution in [3.05, 3.63) is 447 Å². The summed E-state index contributed by atoms with van der Waals surface area (Å²) < 4.78 is 326. The van der Waals surface area contributed by atoms with Crippen LogP contribution in [-0.2, 0) is 60.3 Å². The molecule has 3 fully saturated rings. The molecule has 145 heavy (non-hydrogen) atoms. The van der Waals surface area contributed by atoms with Crippen LogP contribution in [0.15, 0.2) is 317 Å². The van der Waals surface area contributed by atoms with E-state index in [4.69, 9.17) is 62.6 Å². The van der Waals surface area contributed by atoms with E-state index in [1.165, 1.54) is 85.7 Å². The monoisotopic (exact) mass is 2470 g/mol. The summed E-state index contributed by atoms with van der Waals surface area (Å²) in [4.78, 5) is 38.5. The van der Waals surface area contributed by atoms with Gasteiger partial charge >= 0.3 is 0 Å². The van der Waals surface area contributed by atoms with Crippen molar-refractivity contribution in [1.82, 2.24) is 44.9 Å². The van der Waals surface area contributed by atoms with E-state index >= 15 is 0 Å². The molecule has 735 valence electrons. The van der Waals surface area contributed by atoms with Gasteiger partial charge in [-0.15, -0.1) is 161 Å². The third-order valence-electron chi connectivity index (χ3n) is 25.6. The van der Waals surface area contributed by atoms with Crippen LogP contribution in [-0.4, -0.2) is 44.9 Å². The number of aromatic nitrogens is 9. The zero-order chi connectivity index (χ0) is 131. The van der Waals surface area contributed by atoms with Crippen molar-refractivity contribution < 1.29 is 127 Å². The van der Waals surface area contributed by atoms with E-state index in [0.29, 0.717) is 210 Å². The molecule has 0 atom stereocenters. The Morgan fingerprint density at radius 3 is 0.890 bits per heavy atom. The topological polar surface area (TPSA) is 155 Å². The molecule has 0 amide bonds. The quantitative estimate of drug-likeness (QED) is 0.107. The summed E-state index contributed by atoms with van der Waals surface area (Å²) in [6.07, 6.45) is 12.4. The molecule has 0 spiro atoms. The molecule has 9 aromatic carbocycles. The Balaban J connectivity index is 0.000000156. The molecule has 0 N–H and O–H groups in total. The van der Waals surface area contributed by atoms with Crippen LogP contribution in [0.25, 0.3) is 134 Å². The van der Waals surface area contributed by atoms with Crippen molar-refractivity contribution in [3.63, 3.8) is 0 Å². The van der Waals surface area contributed by atoms with Gasteiger partial charge in [-0.3, -0.25) is 0 Å². The minimum Gasteiger partial charge on any atom is -0.486 e. The van der Waals surface area contributed by atoms with E-state index in [2.05, 4.69) is 81.3 Å². The molecule has 12 nitrogen and oxygen atoms in total.